The summed E-state index contributed by atoms with van der Waals surface area (Å²) in [6.07, 6.45) is 2.90. The summed E-state index contributed by atoms with van der Waals surface area (Å²) >= 11 is 0. The van der Waals surface area contributed by atoms with Crippen molar-refractivity contribution in [3.63, 3.8) is 0 Å². The number of nitrogens with zero attached hydrogens (tertiary/aromatic N) is 1. The van der Waals surface area contributed by atoms with Crippen LogP contribution in [0.2, 0.25) is 0 Å². The quantitative estimate of drug-likeness (QED) is 0.763. The molecule has 1 aromatic rings. The molecule has 1 fully saturated rings. The molecule has 0 unspecified atom stereocenters. The van der Waals surface area contributed by atoms with Gasteiger partial charge in [-0.1, -0.05) is 0 Å². The molecule has 1 aliphatic carbocycles. The lowest BCUT2D eigenvalue weighted by Gasteiger charge is -2.09. The van der Waals surface area contributed by atoms with E-state index in [9.17, 15) is 9.50 Å². The molecular weight excluding hydrogens is 173 g/mol. The average molecular weight is 183 g/mol. The highest BCUT2D eigenvalue weighted by Crippen LogP contribution is 2.35. The maximum atomic E-state index is 12.9. The molecule has 1 saturated carbocycles. The van der Waals surface area contributed by atoms with Crippen molar-refractivity contribution in [2.45, 2.75) is 18.4 Å². The van der Waals surface area contributed by atoms with E-state index in [1.807, 2.05) is 0 Å². The Labute approximate surface area is 75.2 Å². The van der Waals surface area contributed by atoms with E-state index in [-0.39, 0.29) is 12.5 Å². The zero-order chi connectivity index (χ0) is 9.31. The largest absolute Gasteiger partial charge is 0.473 e. The minimum Gasteiger partial charge on any atom is -0.473 e. The van der Waals surface area contributed by atoms with Crippen LogP contribution in [0.3, 0.4) is 0 Å². The van der Waals surface area contributed by atoms with Crippen LogP contribution in [0.15, 0.2) is 18.3 Å². The molecule has 1 heterocycles. The molecule has 0 radical (unpaired) electrons. The SMILES string of the molecule is OC1(COc2ncccc2F)CC1. The predicted molar refractivity (Wildman–Crippen MR) is 43.9 cm³/mol. The van der Waals surface area contributed by atoms with Crippen molar-refractivity contribution >= 4 is 0 Å². The molecule has 4 heteroatoms. The molecule has 3 nitrogen and oxygen atoms in total. The van der Waals surface area contributed by atoms with E-state index >= 15 is 0 Å². The highest BCUT2D eigenvalue weighted by Gasteiger charge is 2.41. The van der Waals surface area contributed by atoms with Crippen LogP contribution in [-0.2, 0) is 0 Å². The van der Waals surface area contributed by atoms with Crippen molar-refractivity contribution in [2.24, 2.45) is 0 Å². The summed E-state index contributed by atoms with van der Waals surface area (Å²) in [4.78, 5) is 3.70. The van der Waals surface area contributed by atoms with Gasteiger partial charge < -0.3 is 9.84 Å². The van der Waals surface area contributed by atoms with Gasteiger partial charge in [0.15, 0.2) is 5.82 Å². The van der Waals surface area contributed by atoms with E-state index in [1.165, 1.54) is 18.3 Å². The lowest BCUT2D eigenvalue weighted by Crippen LogP contribution is -2.19. The summed E-state index contributed by atoms with van der Waals surface area (Å²) in [6, 6.07) is 2.77. The molecule has 0 amide bonds. The van der Waals surface area contributed by atoms with Crippen LogP contribution in [0.4, 0.5) is 4.39 Å². The van der Waals surface area contributed by atoms with Gasteiger partial charge in [-0.2, -0.15) is 0 Å². The summed E-state index contributed by atoms with van der Waals surface area (Å²) in [5.41, 5.74) is -0.732. The van der Waals surface area contributed by atoms with E-state index in [0.717, 1.165) is 12.8 Å². The summed E-state index contributed by atoms with van der Waals surface area (Å²) in [5, 5.41) is 9.41. The molecule has 0 spiro atoms. The first kappa shape index (κ1) is 8.44. The fourth-order valence-electron chi connectivity index (χ4n) is 0.969. The first-order chi connectivity index (χ1) is 6.20. The normalized spacial score (nSPS) is 18.3. The Bertz CT molecular complexity index is 312. The summed E-state index contributed by atoms with van der Waals surface area (Å²) in [5.74, 6) is -0.533. The van der Waals surface area contributed by atoms with Crippen LogP contribution in [0.1, 0.15) is 12.8 Å². The van der Waals surface area contributed by atoms with Gasteiger partial charge in [-0.15, -0.1) is 0 Å². The van der Waals surface area contributed by atoms with Crippen molar-refractivity contribution in [1.82, 2.24) is 4.98 Å². The highest BCUT2D eigenvalue weighted by atomic mass is 19.1. The van der Waals surface area contributed by atoms with Crippen molar-refractivity contribution < 1.29 is 14.2 Å². The van der Waals surface area contributed by atoms with Crippen LogP contribution in [-0.4, -0.2) is 22.3 Å². The molecule has 1 aliphatic rings. The topological polar surface area (TPSA) is 42.4 Å². The molecule has 13 heavy (non-hydrogen) atoms. The Hall–Kier alpha value is -1.16. The van der Waals surface area contributed by atoms with Crippen molar-refractivity contribution in [1.29, 1.82) is 0 Å². The minimum absolute atomic E-state index is 0.0391. The van der Waals surface area contributed by atoms with Gasteiger partial charge in [0.05, 0.1) is 5.60 Å². The van der Waals surface area contributed by atoms with Crippen molar-refractivity contribution in [3.8, 4) is 5.88 Å². The fourth-order valence-corrected chi connectivity index (χ4v) is 0.969. The molecule has 0 aliphatic heterocycles. The first-order valence-electron chi connectivity index (χ1n) is 4.15. The minimum atomic E-state index is -0.732. The third kappa shape index (κ3) is 1.95. The summed E-state index contributed by atoms with van der Waals surface area (Å²) < 4.78 is 17.9. The molecule has 0 atom stereocenters. The third-order valence-electron chi connectivity index (χ3n) is 2.03. The van der Waals surface area contributed by atoms with Crippen LogP contribution in [0.5, 0.6) is 5.88 Å². The second-order valence-electron chi connectivity index (χ2n) is 3.30. The number of halogens is 1. The van der Waals surface area contributed by atoms with E-state index in [2.05, 4.69) is 4.98 Å². The molecular formula is C9H10FNO2. The Kier molecular flexibility index (Phi) is 1.92. The second-order valence-corrected chi connectivity index (χ2v) is 3.30. The number of aromatic nitrogens is 1. The zero-order valence-corrected chi connectivity index (χ0v) is 7.03. The van der Waals surface area contributed by atoms with Gasteiger partial charge in [-0.05, 0) is 25.0 Å². The van der Waals surface area contributed by atoms with E-state index in [4.69, 9.17) is 4.74 Å². The molecule has 1 N–H and O–H groups in total. The monoisotopic (exact) mass is 183 g/mol. The molecule has 1 aromatic heterocycles. The maximum Gasteiger partial charge on any atom is 0.250 e. The standard InChI is InChI=1S/C9H10FNO2/c10-7-2-1-5-11-8(7)13-6-9(12)3-4-9/h1-2,5,12H,3-4,6H2. The molecule has 2 rings (SSSR count). The molecule has 0 aromatic carbocycles. The fraction of sp³-hybridized carbons (Fsp3) is 0.444. The van der Waals surface area contributed by atoms with E-state index in [1.54, 1.807) is 0 Å². The Balaban J connectivity index is 1.97. The number of rotatable bonds is 3. The van der Waals surface area contributed by atoms with Gasteiger partial charge in [0, 0.05) is 6.20 Å². The Morgan fingerprint density at radius 3 is 3.00 bits per heavy atom. The third-order valence-corrected chi connectivity index (χ3v) is 2.03. The maximum absolute atomic E-state index is 12.9. The lowest BCUT2D eigenvalue weighted by atomic mass is 10.4. The Morgan fingerprint density at radius 1 is 1.62 bits per heavy atom. The predicted octanol–water partition coefficient (Wildman–Crippen LogP) is 1.12. The van der Waals surface area contributed by atoms with Gasteiger partial charge in [0.1, 0.15) is 6.61 Å². The van der Waals surface area contributed by atoms with Crippen LogP contribution < -0.4 is 4.74 Å². The number of hydrogen-bond donors (Lipinski definition) is 1. The molecule has 70 valence electrons. The smallest absolute Gasteiger partial charge is 0.250 e. The second kappa shape index (κ2) is 2.96. The van der Waals surface area contributed by atoms with E-state index < -0.39 is 11.4 Å². The van der Waals surface area contributed by atoms with Crippen LogP contribution in [0, 0.1) is 5.82 Å². The van der Waals surface area contributed by atoms with Gasteiger partial charge in [0.25, 0.3) is 0 Å². The number of ether oxygens (including phenoxy) is 1. The number of aliphatic hydroxyl groups is 1. The van der Waals surface area contributed by atoms with Gasteiger partial charge in [-0.3, -0.25) is 0 Å². The molecule has 0 saturated heterocycles. The molecule has 0 bridgehead atoms. The first-order valence-corrected chi connectivity index (χ1v) is 4.15. The number of pyridine rings is 1. The van der Waals surface area contributed by atoms with Crippen LogP contribution in [0.25, 0.3) is 0 Å². The Morgan fingerprint density at radius 2 is 2.38 bits per heavy atom. The van der Waals surface area contributed by atoms with Gasteiger partial charge in [-0.25, -0.2) is 9.37 Å². The lowest BCUT2D eigenvalue weighted by molar-refractivity contribution is 0.0811. The van der Waals surface area contributed by atoms with Gasteiger partial charge in [0.2, 0.25) is 5.88 Å². The van der Waals surface area contributed by atoms with E-state index in [0.29, 0.717) is 0 Å². The van der Waals surface area contributed by atoms with Crippen LogP contribution >= 0.6 is 0 Å². The van der Waals surface area contributed by atoms with Gasteiger partial charge >= 0.3 is 0 Å². The average Bonchev–Trinajstić information content (AvgIpc) is 2.83. The summed E-state index contributed by atoms with van der Waals surface area (Å²) in [7, 11) is 0. The highest BCUT2D eigenvalue weighted by molar-refractivity contribution is 5.13. The van der Waals surface area contributed by atoms with Crippen molar-refractivity contribution in [3.05, 3.63) is 24.1 Å². The zero-order valence-electron chi connectivity index (χ0n) is 7.03. The number of hydrogen-bond acceptors (Lipinski definition) is 3. The summed E-state index contributed by atoms with van der Waals surface area (Å²) in [6.45, 7) is 0.126. The van der Waals surface area contributed by atoms with Crippen molar-refractivity contribution in [2.75, 3.05) is 6.61 Å².